The Morgan fingerprint density at radius 3 is 2.77 bits per heavy atom. The van der Waals surface area contributed by atoms with E-state index in [0.717, 1.165) is 18.4 Å². The second kappa shape index (κ2) is 5.89. The van der Waals surface area contributed by atoms with Crippen molar-refractivity contribution >= 4 is 11.8 Å². The van der Waals surface area contributed by atoms with Crippen LogP contribution in [0.25, 0.3) is 0 Å². The summed E-state index contributed by atoms with van der Waals surface area (Å²) in [5.74, 6) is 0. The SMILES string of the molecule is CCOC1CC(NCC(C)SC)C1. The van der Waals surface area contributed by atoms with Crippen LogP contribution in [0.5, 0.6) is 0 Å². The number of thioether (sulfide) groups is 1. The second-order valence-electron chi connectivity index (χ2n) is 3.70. The second-order valence-corrected chi connectivity index (χ2v) is 4.98. The minimum absolute atomic E-state index is 0.534. The van der Waals surface area contributed by atoms with Crippen molar-refractivity contribution in [3.05, 3.63) is 0 Å². The average Bonchev–Trinajstić information content (AvgIpc) is 2.08. The number of rotatable bonds is 6. The summed E-state index contributed by atoms with van der Waals surface area (Å²) in [7, 11) is 0. The van der Waals surface area contributed by atoms with E-state index in [2.05, 4.69) is 25.4 Å². The van der Waals surface area contributed by atoms with Gasteiger partial charge in [0, 0.05) is 24.4 Å². The molecule has 78 valence electrons. The van der Waals surface area contributed by atoms with Gasteiger partial charge in [0.25, 0.3) is 0 Å². The van der Waals surface area contributed by atoms with Crippen LogP contribution in [0.15, 0.2) is 0 Å². The first kappa shape index (κ1) is 11.3. The van der Waals surface area contributed by atoms with E-state index in [1.165, 1.54) is 12.8 Å². The number of nitrogens with one attached hydrogen (secondary N) is 1. The molecule has 1 aliphatic carbocycles. The number of ether oxygens (including phenoxy) is 1. The number of hydrogen-bond acceptors (Lipinski definition) is 3. The molecule has 1 unspecified atom stereocenters. The maximum Gasteiger partial charge on any atom is 0.0604 e. The molecule has 0 spiro atoms. The zero-order chi connectivity index (χ0) is 9.68. The lowest BCUT2D eigenvalue weighted by atomic mass is 9.89. The van der Waals surface area contributed by atoms with Gasteiger partial charge < -0.3 is 10.1 Å². The summed E-state index contributed by atoms with van der Waals surface area (Å²) < 4.78 is 5.50. The standard InChI is InChI=1S/C10H21NOS/c1-4-12-10-5-9(6-10)11-7-8(2)13-3/h8-11H,4-7H2,1-3H3. The fourth-order valence-corrected chi connectivity index (χ4v) is 1.78. The summed E-state index contributed by atoms with van der Waals surface area (Å²) in [5.41, 5.74) is 0. The van der Waals surface area contributed by atoms with Crippen molar-refractivity contribution in [1.29, 1.82) is 0 Å². The molecule has 13 heavy (non-hydrogen) atoms. The largest absolute Gasteiger partial charge is 0.378 e. The van der Waals surface area contributed by atoms with Crippen LogP contribution in [0.4, 0.5) is 0 Å². The van der Waals surface area contributed by atoms with Gasteiger partial charge in [-0.05, 0) is 26.0 Å². The van der Waals surface area contributed by atoms with Gasteiger partial charge in [-0.2, -0.15) is 11.8 Å². The third kappa shape index (κ3) is 3.88. The molecule has 0 radical (unpaired) electrons. The molecule has 1 atom stereocenters. The highest BCUT2D eigenvalue weighted by Crippen LogP contribution is 2.23. The van der Waals surface area contributed by atoms with Gasteiger partial charge in [-0.1, -0.05) is 6.92 Å². The Kier molecular flexibility index (Phi) is 5.14. The highest BCUT2D eigenvalue weighted by molar-refractivity contribution is 7.99. The summed E-state index contributed by atoms with van der Waals surface area (Å²) >= 11 is 1.92. The van der Waals surface area contributed by atoms with Crippen LogP contribution in [-0.4, -0.2) is 36.8 Å². The van der Waals surface area contributed by atoms with Crippen molar-refractivity contribution in [2.24, 2.45) is 0 Å². The van der Waals surface area contributed by atoms with E-state index in [9.17, 15) is 0 Å². The van der Waals surface area contributed by atoms with Crippen molar-refractivity contribution < 1.29 is 4.74 Å². The normalized spacial score (nSPS) is 29.8. The van der Waals surface area contributed by atoms with E-state index < -0.39 is 0 Å². The van der Waals surface area contributed by atoms with Gasteiger partial charge in [-0.3, -0.25) is 0 Å². The molecule has 1 aliphatic rings. The van der Waals surface area contributed by atoms with Gasteiger partial charge in [0.05, 0.1) is 6.10 Å². The van der Waals surface area contributed by atoms with Gasteiger partial charge >= 0.3 is 0 Å². The lowest BCUT2D eigenvalue weighted by Gasteiger charge is -2.36. The first-order valence-corrected chi connectivity index (χ1v) is 6.42. The minimum Gasteiger partial charge on any atom is -0.378 e. The topological polar surface area (TPSA) is 21.3 Å². The third-order valence-electron chi connectivity index (χ3n) is 2.59. The minimum atomic E-state index is 0.534. The Morgan fingerprint density at radius 2 is 2.23 bits per heavy atom. The predicted molar refractivity (Wildman–Crippen MR) is 59.4 cm³/mol. The monoisotopic (exact) mass is 203 g/mol. The van der Waals surface area contributed by atoms with Crippen LogP contribution in [0.1, 0.15) is 26.7 Å². The zero-order valence-electron chi connectivity index (χ0n) is 8.88. The lowest BCUT2D eigenvalue weighted by molar-refractivity contribution is -0.00958. The molecule has 0 aromatic heterocycles. The van der Waals surface area contributed by atoms with Gasteiger partial charge in [0.15, 0.2) is 0 Å². The average molecular weight is 203 g/mol. The van der Waals surface area contributed by atoms with E-state index in [-0.39, 0.29) is 0 Å². The maximum atomic E-state index is 5.50. The fourth-order valence-electron chi connectivity index (χ4n) is 1.52. The first-order chi connectivity index (χ1) is 6.26. The van der Waals surface area contributed by atoms with E-state index in [1.807, 2.05) is 11.8 Å². The van der Waals surface area contributed by atoms with Crippen molar-refractivity contribution in [1.82, 2.24) is 5.32 Å². The summed E-state index contributed by atoms with van der Waals surface area (Å²) in [6.45, 7) is 6.32. The van der Waals surface area contributed by atoms with Crippen LogP contribution in [0.3, 0.4) is 0 Å². The first-order valence-electron chi connectivity index (χ1n) is 5.14. The Bertz CT molecular complexity index is 137. The van der Waals surface area contributed by atoms with Crippen molar-refractivity contribution in [3.8, 4) is 0 Å². The number of hydrogen-bond donors (Lipinski definition) is 1. The molecule has 0 aromatic rings. The van der Waals surface area contributed by atoms with E-state index in [1.54, 1.807) is 0 Å². The van der Waals surface area contributed by atoms with E-state index in [4.69, 9.17) is 4.74 Å². The summed E-state index contributed by atoms with van der Waals surface area (Å²) in [5, 5.41) is 4.29. The Labute approximate surface area is 85.8 Å². The molecule has 1 rings (SSSR count). The van der Waals surface area contributed by atoms with Crippen LogP contribution in [0.2, 0.25) is 0 Å². The molecule has 0 heterocycles. The molecule has 3 heteroatoms. The van der Waals surface area contributed by atoms with Crippen molar-refractivity contribution in [2.45, 2.75) is 44.1 Å². The highest BCUT2D eigenvalue weighted by atomic mass is 32.2. The smallest absolute Gasteiger partial charge is 0.0604 e. The molecule has 0 bridgehead atoms. The summed E-state index contributed by atoms with van der Waals surface area (Å²) in [4.78, 5) is 0. The van der Waals surface area contributed by atoms with Crippen molar-refractivity contribution in [3.63, 3.8) is 0 Å². The van der Waals surface area contributed by atoms with Crippen LogP contribution in [0, 0.1) is 0 Å². The summed E-state index contributed by atoms with van der Waals surface area (Å²) in [6, 6.07) is 0.714. The van der Waals surface area contributed by atoms with Gasteiger partial charge in [-0.15, -0.1) is 0 Å². The van der Waals surface area contributed by atoms with E-state index in [0.29, 0.717) is 12.1 Å². The lowest BCUT2D eigenvalue weighted by Crippen LogP contribution is -2.47. The molecular formula is C10H21NOS. The fraction of sp³-hybridized carbons (Fsp3) is 1.00. The molecule has 1 N–H and O–H groups in total. The molecule has 0 aliphatic heterocycles. The van der Waals surface area contributed by atoms with Crippen LogP contribution >= 0.6 is 11.8 Å². The highest BCUT2D eigenvalue weighted by Gasteiger charge is 2.28. The molecule has 0 saturated heterocycles. The van der Waals surface area contributed by atoms with Gasteiger partial charge in [0.2, 0.25) is 0 Å². The van der Waals surface area contributed by atoms with Crippen LogP contribution < -0.4 is 5.32 Å². The molecule has 0 aromatic carbocycles. The van der Waals surface area contributed by atoms with Crippen molar-refractivity contribution in [2.75, 3.05) is 19.4 Å². The maximum absolute atomic E-state index is 5.50. The zero-order valence-corrected chi connectivity index (χ0v) is 9.69. The van der Waals surface area contributed by atoms with Crippen LogP contribution in [-0.2, 0) is 4.74 Å². The molecule has 0 amide bonds. The van der Waals surface area contributed by atoms with Gasteiger partial charge in [0.1, 0.15) is 0 Å². The van der Waals surface area contributed by atoms with Gasteiger partial charge in [-0.25, -0.2) is 0 Å². The Hall–Kier alpha value is 0.270. The molecule has 1 saturated carbocycles. The Morgan fingerprint density at radius 1 is 1.54 bits per heavy atom. The quantitative estimate of drug-likeness (QED) is 0.712. The third-order valence-corrected chi connectivity index (χ3v) is 3.56. The molecule has 1 fully saturated rings. The predicted octanol–water partition coefficient (Wildman–Crippen LogP) is 1.90. The molecular weight excluding hydrogens is 182 g/mol. The summed E-state index contributed by atoms with van der Waals surface area (Å²) in [6.07, 6.45) is 5.10. The Balaban J connectivity index is 1.95. The molecule has 2 nitrogen and oxygen atoms in total. The van der Waals surface area contributed by atoms with E-state index >= 15 is 0 Å².